The van der Waals surface area contributed by atoms with E-state index in [9.17, 15) is 29.5 Å². The average molecular weight is 850 g/mol. The van der Waals surface area contributed by atoms with E-state index in [1.807, 2.05) is 13.0 Å². The third kappa shape index (κ3) is 9.94. The molecule has 3 aromatic rings. The summed E-state index contributed by atoms with van der Waals surface area (Å²) in [4.78, 5) is 32.8. The van der Waals surface area contributed by atoms with E-state index in [4.69, 9.17) is 40.5 Å². The number of nitrogens with zero attached hydrogens (tertiary/aromatic N) is 3. The zero-order valence-electron chi connectivity index (χ0n) is 33.8. The van der Waals surface area contributed by atoms with Gasteiger partial charge in [-0.05, 0) is 92.0 Å². The van der Waals surface area contributed by atoms with Gasteiger partial charge < -0.3 is 34.0 Å². The van der Waals surface area contributed by atoms with Crippen molar-refractivity contribution < 1.29 is 48.1 Å². The van der Waals surface area contributed by atoms with Gasteiger partial charge in [-0.25, -0.2) is 9.18 Å². The lowest BCUT2D eigenvalue weighted by molar-refractivity contribution is -0.384. The number of amides is 1. The van der Waals surface area contributed by atoms with Crippen molar-refractivity contribution in [3.05, 3.63) is 118 Å². The number of alkyl halides is 1. The van der Waals surface area contributed by atoms with Crippen molar-refractivity contribution in [1.82, 2.24) is 4.90 Å². The quantitative estimate of drug-likeness (QED) is 0.0348. The second kappa shape index (κ2) is 21.0. The third-order valence-electron chi connectivity index (χ3n) is 11.4. The van der Waals surface area contributed by atoms with Crippen LogP contribution in [-0.2, 0) is 20.9 Å². The molecule has 6 rings (SSSR count). The Hall–Kier alpha value is -5.02. The first-order valence-electron chi connectivity index (χ1n) is 20.5. The lowest BCUT2D eigenvalue weighted by Crippen LogP contribution is -2.70. The van der Waals surface area contributed by atoms with Crippen LogP contribution in [0, 0.1) is 33.7 Å². The molecule has 0 spiro atoms. The smallest absolute Gasteiger partial charge is 0.410 e. The number of carbonyl (C=O) groups excluding carboxylic acids is 1. The number of rotatable bonds is 21. The van der Waals surface area contributed by atoms with E-state index >= 15 is 0 Å². The van der Waals surface area contributed by atoms with Gasteiger partial charge in [-0.1, -0.05) is 48.3 Å². The minimum Gasteiger partial charge on any atom is -0.459 e. The minimum absolute atomic E-state index is 0.000461. The van der Waals surface area contributed by atoms with Gasteiger partial charge in [0.1, 0.15) is 42.3 Å². The maximum Gasteiger partial charge on any atom is 0.410 e. The van der Waals surface area contributed by atoms with Crippen molar-refractivity contribution in [1.29, 1.82) is 0 Å². The Balaban J connectivity index is 1.59. The number of hydrogen-bond donors (Lipinski definition) is 2. The number of halogens is 2. The number of ether oxygens (including phenoxy) is 4. The topological polar surface area (TPSA) is 162 Å². The molecule has 0 radical (unpaired) electrons. The molecular weight excluding hydrogens is 797 g/mol. The molecule has 1 heterocycles. The molecule has 3 aliphatic rings. The SMILES string of the molecule is C=CCOC12Oc3ccc(Oc4cccc([N+](=O)[O-])c4)cc3C3C(CCCCO)C(CCCCO)C=C(C(=NOCC)CC1N(Cc1ccc(F)cc1)C(=O)OCCCl)C32. The Labute approximate surface area is 354 Å². The maximum atomic E-state index is 14.3. The number of benzene rings is 3. The molecule has 1 aliphatic heterocycles. The van der Waals surface area contributed by atoms with Crippen LogP contribution in [-0.4, -0.2) is 82.6 Å². The summed E-state index contributed by atoms with van der Waals surface area (Å²) in [7, 11) is 0. The first-order valence-corrected chi connectivity index (χ1v) is 21.1. The summed E-state index contributed by atoms with van der Waals surface area (Å²) >= 11 is 6.02. The van der Waals surface area contributed by atoms with Crippen molar-refractivity contribution in [2.45, 2.75) is 76.2 Å². The van der Waals surface area contributed by atoms with Crippen LogP contribution < -0.4 is 9.47 Å². The molecule has 60 heavy (non-hydrogen) atoms. The van der Waals surface area contributed by atoms with Crippen LogP contribution in [0.5, 0.6) is 17.2 Å². The summed E-state index contributed by atoms with van der Waals surface area (Å²) in [5, 5.41) is 36.0. The molecule has 2 N–H and O–H groups in total. The van der Waals surface area contributed by atoms with Crippen LogP contribution in [0.1, 0.15) is 68.9 Å². The van der Waals surface area contributed by atoms with E-state index in [2.05, 4.69) is 12.7 Å². The molecule has 322 valence electrons. The van der Waals surface area contributed by atoms with Crippen molar-refractivity contribution in [3.8, 4) is 17.2 Å². The van der Waals surface area contributed by atoms with Gasteiger partial charge in [0.25, 0.3) is 5.69 Å². The van der Waals surface area contributed by atoms with Crippen LogP contribution in [0.15, 0.2) is 96.2 Å². The Morgan fingerprint density at radius 2 is 1.83 bits per heavy atom. The predicted molar refractivity (Wildman–Crippen MR) is 224 cm³/mol. The molecule has 6 unspecified atom stereocenters. The molecule has 0 bridgehead atoms. The Bertz CT molecular complexity index is 2010. The van der Waals surface area contributed by atoms with Crippen molar-refractivity contribution in [2.24, 2.45) is 22.9 Å². The van der Waals surface area contributed by atoms with Crippen LogP contribution >= 0.6 is 11.6 Å². The van der Waals surface area contributed by atoms with E-state index in [0.29, 0.717) is 42.0 Å². The summed E-state index contributed by atoms with van der Waals surface area (Å²) in [6, 6.07) is 16.4. The van der Waals surface area contributed by atoms with Gasteiger partial charge in [0.05, 0.1) is 35.1 Å². The van der Waals surface area contributed by atoms with Crippen molar-refractivity contribution >= 4 is 29.1 Å². The van der Waals surface area contributed by atoms with E-state index in [1.165, 1.54) is 29.2 Å². The number of unbranched alkanes of at least 4 members (excludes halogenated alkanes) is 2. The molecule has 3 aromatic carbocycles. The average Bonchev–Trinajstić information content (AvgIpc) is 3.25. The summed E-state index contributed by atoms with van der Waals surface area (Å²) in [5.74, 6) is -1.78. The Morgan fingerprint density at radius 3 is 2.53 bits per heavy atom. The second-order valence-corrected chi connectivity index (χ2v) is 15.5. The minimum atomic E-state index is -1.57. The molecule has 1 fully saturated rings. The largest absolute Gasteiger partial charge is 0.459 e. The molecular formula is C45H53ClFN3O10. The van der Waals surface area contributed by atoms with Crippen LogP contribution in [0.2, 0.25) is 0 Å². The fraction of sp³-hybridized carbons (Fsp3) is 0.467. The first-order chi connectivity index (χ1) is 29.2. The summed E-state index contributed by atoms with van der Waals surface area (Å²) < 4.78 is 40.4. The number of carbonyl (C=O) groups is 1. The highest BCUT2D eigenvalue weighted by atomic mass is 35.5. The summed E-state index contributed by atoms with van der Waals surface area (Å²) in [5.41, 5.74) is 2.76. The zero-order chi connectivity index (χ0) is 42.6. The van der Waals surface area contributed by atoms with Crippen LogP contribution in [0.25, 0.3) is 0 Å². The number of nitro benzene ring substituents is 1. The molecule has 15 heteroatoms. The molecule has 0 saturated heterocycles. The van der Waals surface area contributed by atoms with Crippen LogP contribution in [0.3, 0.4) is 0 Å². The van der Waals surface area contributed by atoms with Gasteiger partial charge in [0.2, 0.25) is 5.79 Å². The van der Waals surface area contributed by atoms with E-state index < -0.39 is 34.6 Å². The van der Waals surface area contributed by atoms with Gasteiger partial charge in [0, 0.05) is 43.7 Å². The number of fused-ring (bicyclic) bond motifs is 2. The van der Waals surface area contributed by atoms with Crippen molar-refractivity contribution in [2.75, 3.05) is 38.9 Å². The number of oxime groups is 1. The fourth-order valence-electron chi connectivity index (χ4n) is 8.95. The van der Waals surface area contributed by atoms with E-state index in [0.717, 1.165) is 30.4 Å². The third-order valence-corrected chi connectivity index (χ3v) is 11.5. The standard InChI is InChI=1S/C45H53ClFN3O10/c1-3-23-57-45-41(49(44(53)56-24-20-46)29-30-14-16-32(47)17-15-30)28-39(48-58-4-2)37-25-31(10-5-7-21-51)36(13-6-8-22-52)42(43(37)45)38-27-35(18-19-40(38)60-45)59-34-12-9-11-33(26-34)50(54)55/h3,9,11-12,14-19,25-27,31,36,41-43,51-52H,1,4-8,10,13,20-24,28-29H2,2H3. The highest BCUT2D eigenvalue weighted by Crippen LogP contribution is 2.62. The number of non-ortho nitro benzene ring substituents is 1. The van der Waals surface area contributed by atoms with Gasteiger partial charge >= 0.3 is 6.09 Å². The highest BCUT2D eigenvalue weighted by Gasteiger charge is 2.65. The molecule has 0 aromatic heterocycles. The van der Waals surface area contributed by atoms with Crippen LogP contribution in [0.4, 0.5) is 14.9 Å². The molecule has 1 saturated carbocycles. The number of hydrogen-bond acceptors (Lipinski definition) is 11. The van der Waals surface area contributed by atoms with Gasteiger partial charge in [0.15, 0.2) is 0 Å². The molecule has 1 amide bonds. The number of aliphatic hydroxyl groups is 2. The van der Waals surface area contributed by atoms with Gasteiger partial charge in [-0.15, -0.1) is 18.2 Å². The monoisotopic (exact) mass is 849 g/mol. The Kier molecular flexibility index (Phi) is 15.6. The summed E-state index contributed by atoms with van der Waals surface area (Å²) in [6.07, 6.45) is 7.45. The molecule has 13 nitrogen and oxygen atoms in total. The van der Waals surface area contributed by atoms with Gasteiger partial charge in [-0.2, -0.15) is 0 Å². The Morgan fingerprint density at radius 1 is 1.08 bits per heavy atom. The first kappa shape index (κ1) is 44.5. The fourth-order valence-corrected chi connectivity index (χ4v) is 9.03. The lowest BCUT2D eigenvalue weighted by atomic mass is 9.55. The van der Waals surface area contributed by atoms with Gasteiger partial charge in [-0.3, -0.25) is 15.0 Å². The zero-order valence-corrected chi connectivity index (χ0v) is 34.5. The number of nitro groups is 1. The normalized spacial score (nSPS) is 23.4. The summed E-state index contributed by atoms with van der Waals surface area (Å²) in [6.45, 7) is 6.15. The highest BCUT2D eigenvalue weighted by molar-refractivity contribution is 6.18. The number of allylic oxidation sites excluding steroid dienone is 1. The second-order valence-electron chi connectivity index (χ2n) is 15.1. The predicted octanol–water partition coefficient (Wildman–Crippen LogP) is 9.06. The number of aliphatic hydroxyl groups excluding tert-OH is 2. The van der Waals surface area contributed by atoms with E-state index in [-0.39, 0.29) is 81.1 Å². The lowest BCUT2D eigenvalue weighted by Gasteiger charge is -2.59. The molecule has 2 aliphatic carbocycles. The van der Waals surface area contributed by atoms with E-state index in [1.54, 1.807) is 42.5 Å². The molecule has 6 atom stereocenters. The maximum absolute atomic E-state index is 14.3. The van der Waals surface area contributed by atoms with Crippen molar-refractivity contribution in [3.63, 3.8) is 0 Å².